The van der Waals surface area contributed by atoms with E-state index in [4.69, 9.17) is 9.15 Å². The Morgan fingerprint density at radius 1 is 1.11 bits per heavy atom. The topological polar surface area (TPSA) is 77.2 Å². The zero-order valence-electron chi connectivity index (χ0n) is 16.1. The number of nitrogens with zero attached hydrogens (tertiary/aromatic N) is 2. The summed E-state index contributed by atoms with van der Waals surface area (Å²) in [7, 11) is 1.62. The van der Waals surface area contributed by atoms with Crippen molar-refractivity contribution in [1.82, 2.24) is 15.5 Å². The molecule has 0 aliphatic heterocycles. The molecule has 7 heteroatoms. The number of rotatable bonds is 8. The third kappa shape index (κ3) is 5.13. The number of thioether (sulfide) groups is 1. The van der Waals surface area contributed by atoms with Gasteiger partial charge in [-0.15, -0.1) is 10.2 Å². The van der Waals surface area contributed by atoms with Gasteiger partial charge in [0.2, 0.25) is 11.8 Å². The molecule has 1 amide bonds. The minimum Gasteiger partial charge on any atom is -0.497 e. The maximum absolute atomic E-state index is 12.3. The van der Waals surface area contributed by atoms with E-state index in [1.807, 2.05) is 55.5 Å². The summed E-state index contributed by atoms with van der Waals surface area (Å²) in [6, 6.07) is 15.6. The molecule has 2 aromatic carbocycles. The Labute approximate surface area is 168 Å². The molecule has 1 atom stereocenters. The maximum Gasteiger partial charge on any atom is 0.277 e. The molecule has 0 spiro atoms. The Morgan fingerprint density at radius 3 is 2.43 bits per heavy atom. The van der Waals surface area contributed by atoms with E-state index in [-0.39, 0.29) is 11.2 Å². The molecule has 0 unspecified atom stereocenters. The van der Waals surface area contributed by atoms with Crippen LogP contribution in [-0.4, -0.2) is 28.5 Å². The molecule has 0 radical (unpaired) electrons. The summed E-state index contributed by atoms with van der Waals surface area (Å²) in [5, 5.41) is 11.1. The Balaban J connectivity index is 1.54. The number of benzene rings is 2. The second-order valence-electron chi connectivity index (χ2n) is 6.25. The van der Waals surface area contributed by atoms with Crippen molar-refractivity contribution < 1.29 is 13.9 Å². The number of nitrogens with one attached hydrogen (secondary N) is 1. The molecule has 1 N–H and O–H groups in total. The summed E-state index contributed by atoms with van der Waals surface area (Å²) >= 11 is 1.24. The fourth-order valence-corrected chi connectivity index (χ4v) is 3.25. The lowest BCUT2D eigenvalue weighted by Crippen LogP contribution is -2.30. The van der Waals surface area contributed by atoms with Gasteiger partial charge in [-0.1, -0.05) is 43.0 Å². The highest BCUT2D eigenvalue weighted by Crippen LogP contribution is 2.26. The quantitative estimate of drug-likeness (QED) is 0.577. The zero-order valence-corrected chi connectivity index (χ0v) is 17.0. The van der Waals surface area contributed by atoms with Crippen LogP contribution < -0.4 is 10.1 Å². The number of methoxy groups -OCH3 is 1. The smallest absolute Gasteiger partial charge is 0.277 e. The van der Waals surface area contributed by atoms with Gasteiger partial charge in [-0.3, -0.25) is 4.79 Å². The largest absolute Gasteiger partial charge is 0.497 e. The van der Waals surface area contributed by atoms with Crippen LogP contribution in [0.4, 0.5) is 0 Å². The molecule has 0 bridgehead atoms. The molecular formula is C21H23N3O3S. The predicted molar refractivity (Wildman–Crippen MR) is 109 cm³/mol. The van der Waals surface area contributed by atoms with Crippen molar-refractivity contribution in [1.29, 1.82) is 0 Å². The second kappa shape index (κ2) is 9.41. The number of aromatic nitrogens is 2. The summed E-state index contributed by atoms with van der Waals surface area (Å²) in [5.74, 6) is 1.15. The molecule has 0 aliphatic carbocycles. The van der Waals surface area contributed by atoms with E-state index in [2.05, 4.69) is 22.4 Å². The highest BCUT2D eigenvalue weighted by atomic mass is 32.2. The van der Waals surface area contributed by atoms with Crippen molar-refractivity contribution in [3.05, 3.63) is 59.7 Å². The Kier molecular flexibility index (Phi) is 6.71. The Hall–Kier alpha value is -2.80. The van der Waals surface area contributed by atoms with E-state index in [0.29, 0.717) is 17.7 Å². The first-order valence-corrected chi connectivity index (χ1v) is 9.97. The first-order chi connectivity index (χ1) is 13.6. The van der Waals surface area contributed by atoms with Crippen LogP contribution in [0.25, 0.3) is 11.5 Å². The summed E-state index contributed by atoms with van der Waals surface area (Å²) in [6.45, 7) is 4.37. The van der Waals surface area contributed by atoms with Gasteiger partial charge >= 0.3 is 0 Å². The lowest BCUT2D eigenvalue weighted by Gasteiger charge is -2.10. The molecular weight excluding hydrogens is 374 g/mol. The molecule has 0 saturated heterocycles. The zero-order chi connectivity index (χ0) is 19.9. The number of ether oxygens (including phenoxy) is 1. The Bertz CT molecular complexity index is 907. The van der Waals surface area contributed by atoms with Gasteiger partial charge in [-0.2, -0.15) is 0 Å². The van der Waals surface area contributed by atoms with Crippen molar-refractivity contribution in [3.63, 3.8) is 0 Å². The highest BCUT2D eigenvalue weighted by Gasteiger charge is 2.18. The van der Waals surface area contributed by atoms with Gasteiger partial charge in [0, 0.05) is 12.1 Å². The van der Waals surface area contributed by atoms with E-state index >= 15 is 0 Å². The number of hydrogen-bond donors (Lipinski definition) is 1. The molecule has 0 saturated carbocycles. The second-order valence-corrected chi connectivity index (χ2v) is 7.54. The number of carbonyl (C=O) groups excluding carboxylic acids is 1. The van der Waals surface area contributed by atoms with E-state index in [1.54, 1.807) is 7.11 Å². The van der Waals surface area contributed by atoms with Crippen molar-refractivity contribution in [3.8, 4) is 17.2 Å². The van der Waals surface area contributed by atoms with Crippen molar-refractivity contribution in [2.24, 2.45) is 0 Å². The number of aryl methyl sites for hydroxylation is 1. The van der Waals surface area contributed by atoms with Gasteiger partial charge in [-0.25, -0.2) is 0 Å². The minimum atomic E-state index is -0.353. The maximum atomic E-state index is 12.3. The van der Waals surface area contributed by atoms with E-state index < -0.39 is 0 Å². The molecule has 3 aromatic rings. The van der Waals surface area contributed by atoms with Gasteiger partial charge in [0.05, 0.1) is 12.4 Å². The first-order valence-electron chi connectivity index (χ1n) is 9.09. The number of amides is 1. The summed E-state index contributed by atoms with van der Waals surface area (Å²) in [4.78, 5) is 12.3. The fourth-order valence-electron chi connectivity index (χ4n) is 2.54. The average molecular weight is 398 g/mol. The van der Waals surface area contributed by atoms with E-state index in [0.717, 1.165) is 23.3 Å². The van der Waals surface area contributed by atoms with Gasteiger partial charge < -0.3 is 14.5 Å². The standard InChI is InChI=1S/C21H23N3O3S/c1-4-15-5-9-17(10-6-15)20-23-24-21(27-20)28-14(2)19(25)22-13-16-7-11-18(26-3)12-8-16/h5-12,14H,4,13H2,1-3H3,(H,22,25)/t14-/m0/s1. The van der Waals surface area contributed by atoms with Gasteiger partial charge in [0.1, 0.15) is 5.75 Å². The normalized spacial score (nSPS) is 11.8. The summed E-state index contributed by atoms with van der Waals surface area (Å²) in [6.07, 6.45) is 0.981. The molecule has 0 fully saturated rings. The van der Waals surface area contributed by atoms with Gasteiger partial charge in [0.15, 0.2) is 0 Å². The monoisotopic (exact) mass is 397 g/mol. The van der Waals surface area contributed by atoms with E-state index in [9.17, 15) is 4.79 Å². The van der Waals surface area contributed by atoms with Gasteiger partial charge in [-0.05, 0) is 48.7 Å². The Morgan fingerprint density at radius 2 is 1.79 bits per heavy atom. The third-order valence-electron chi connectivity index (χ3n) is 4.29. The van der Waals surface area contributed by atoms with Crippen LogP contribution in [0.2, 0.25) is 0 Å². The SMILES string of the molecule is CCc1ccc(-c2nnc(S[C@@H](C)C(=O)NCc3ccc(OC)cc3)o2)cc1. The lowest BCUT2D eigenvalue weighted by atomic mass is 10.1. The van der Waals surface area contributed by atoms with Crippen LogP contribution in [0.1, 0.15) is 25.0 Å². The molecule has 28 heavy (non-hydrogen) atoms. The predicted octanol–water partition coefficient (Wildman–Crippen LogP) is 4.10. The average Bonchev–Trinajstić information content (AvgIpc) is 3.20. The van der Waals surface area contributed by atoms with Crippen LogP contribution in [0.3, 0.4) is 0 Å². The highest BCUT2D eigenvalue weighted by molar-refractivity contribution is 8.00. The van der Waals surface area contributed by atoms with Gasteiger partial charge in [0.25, 0.3) is 5.22 Å². The molecule has 3 rings (SSSR count). The number of hydrogen-bond acceptors (Lipinski definition) is 6. The molecule has 1 heterocycles. The minimum absolute atomic E-state index is 0.0899. The molecule has 1 aromatic heterocycles. The van der Waals surface area contributed by atoms with Crippen LogP contribution in [0, 0.1) is 0 Å². The number of carbonyl (C=O) groups is 1. The van der Waals surface area contributed by atoms with E-state index in [1.165, 1.54) is 17.3 Å². The molecule has 6 nitrogen and oxygen atoms in total. The van der Waals surface area contributed by atoms with Crippen LogP contribution >= 0.6 is 11.8 Å². The summed E-state index contributed by atoms with van der Waals surface area (Å²) in [5.41, 5.74) is 3.12. The third-order valence-corrected chi connectivity index (χ3v) is 5.22. The molecule has 0 aliphatic rings. The van der Waals surface area contributed by atoms with Crippen molar-refractivity contribution >= 4 is 17.7 Å². The van der Waals surface area contributed by atoms with Crippen LogP contribution in [-0.2, 0) is 17.8 Å². The van der Waals surface area contributed by atoms with Crippen molar-refractivity contribution in [2.75, 3.05) is 7.11 Å². The van der Waals surface area contributed by atoms with Crippen LogP contribution in [0.15, 0.2) is 58.2 Å². The van der Waals surface area contributed by atoms with Crippen molar-refractivity contribution in [2.45, 2.75) is 37.3 Å². The lowest BCUT2D eigenvalue weighted by molar-refractivity contribution is -0.120. The fraction of sp³-hybridized carbons (Fsp3) is 0.286. The molecule has 146 valence electrons. The first kappa shape index (κ1) is 19.9. The van der Waals surface area contributed by atoms with Crippen LogP contribution in [0.5, 0.6) is 5.75 Å². The summed E-state index contributed by atoms with van der Waals surface area (Å²) < 4.78 is 10.8.